The van der Waals surface area contributed by atoms with E-state index in [-0.39, 0.29) is 5.56 Å². The quantitative estimate of drug-likeness (QED) is 0.872. The van der Waals surface area contributed by atoms with E-state index in [9.17, 15) is 4.79 Å². The molecule has 1 aromatic carbocycles. The maximum atomic E-state index is 11.1. The molecule has 0 aliphatic carbocycles. The third-order valence-corrected chi connectivity index (χ3v) is 2.71. The Bertz CT molecular complexity index is 628. The molecular weight excluding hydrogens is 260 g/mol. The summed E-state index contributed by atoms with van der Waals surface area (Å²) in [5.41, 5.74) is 1.25. The van der Waals surface area contributed by atoms with Gasteiger partial charge in [0.05, 0.1) is 19.9 Å². The molecule has 2 N–H and O–H groups in total. The zero-order chi connectivity index (χ0) is 14.5. The minimum atomic E-state index is -1.04. The predicted molar refractivity (Wildman–Crippen MR) is 74.0 cm³/mol. The molecule has 0 atom stereocenters. The predicted octanol–water partition coefficient (Wildman–Crippen LogP) is 2.54. The highest BCUT2D eigenvalue weighted by molar-refractivity contribution is 5.94. The number of hydrogen-bond acceptors (Lipinski definition) is 5. The number of ether oxygens (including phenoxy) is 2. The van der Waals surface area contributed by atoms with Crippen molar-refractivity contribution in [2.45, 2.75) is 0 Å². The lowest BCUT2D eigenvalue weighted by Gasteiger charge is -2.12. The van der Waals surface area contributed by atoms with Gasteiger partial charge in [0.25, 0.3) is 0 Å². The van der Waals surface area contributed by atoms with Gasteiger partial charge in [0, 0.05) is 24.1 Å². The second-order valence-corrected chi connectivity index (χ2v) is 3.92. The van der Waals surface area contributed by atoms with E-state index in [4.69, 9.17) is 14.6 Å². The van der Waals surface area contributed by atoms with Crippen molar-refractivity contribution in [3.63, 3.8) is 0 Å². The van der Waals surface area contributed by atoms with Crippen LogP contribution in [-0.4, -0.2) is 30.3 Å². The Hall–Kier alpha value is -2.76. The summed E-state index contributed by atoms with van der Waals surface area (Å²) in [4.78, 5) is 14.9. The number of carboxylic acid groups (broad SMARTS) is 1. The van der Waals surface area contributed by atoms with Gasteiger partial charge in [-0.2, -0.15) is 0 Å². The first-order valence-electron chi connectivity index (χ1n) is 5.82. The summed E-state index contributed by atoms with van der Waals surface area (Å²) in [6.07, 6.45) is 2.82. The molecule has 104 valence electrons. The lowest BCUT2D eigenvalue weighted by Crippen LogP contribution is -2.03. The van der Waals surface area contributed by atoms with E-state index in [1.54, 1.807) is 31.4 Å². The zero-order valence-corrected chi connectivity index (χ0v) is 11.1. The monoisotopic (exact) mass is 274 g/mol. The molecule has 1 heterocycles. The molecule has 0 amide bonds. The van der Waals surface area contributed by atoms with Gasteiger partial charge < -0.3 is 19.9 Å². The van der Waals surface area contributed by atoms with Crippen LogP contribution < -0.4 is 14.8 Å². The first kappa shape index (κ1) is 13.7. The van der Waals surface area contributed by atoms with Crippen molar-refractivity contribution in [3.05, 3.63) is 42.2 Å². The Labute approximate surface area is 116 Å². The molecule has 20 heavy (non-hydrogen) atoms. The van der Waals surface area contributed by atoms with Crippen molar-refractivity contribution in [3.8, 4) is 11.5 Å². The lowest BCUT2D eigenvalue weighted by molar-refractivity contribution is 0.0697. The Morgan fingerprint density at radius 3 is 2.60 bits per heavy atom. The van der Waals surface area contributed by atoms with Crippen LogP contribution in [-0.2, 0) is 0 Å². The molecule has 2 rings (SSSR count). The number of carboxylic acids is 1. The fourth-order valence-electron chi connectivity index (χ4n) is 1.74. The number of nitrogens with zero attached hydrogens (tertiary/aromatic N) is 1. The Kier molecular flexibility index (Phi) is 4.05. The SMILES string of the molecule is COc1ccc(Nc2ccncc2C(=O)O)cc1OC. The summed E-state index contributed by atoms with van der Waals surface area (Å²) in [6, 6.07) is 6.83. The van der Waals surface area contributed by atoms with E-state index >= 15 is 0 Å². The van der Waals surface area contributed by atoms with Gasteiger partial charge in [-0.25, -0.2) is 4.79 Å². The average molecular weight is 274 g/mol. The topological polar surface area (TPSA) is 80.7 Å². The van der Waals surface area contributed by atoms with Crippen LogP contribution in [0.2, 0.25) is 0 Å². The number of nitrogens with one attached hydrogen (secondary N) is 1. The van der Waals surface area contributed by atoms with Crippen LogP contribution in [0.3, 0.4) is 0 Å². The number of benzene rings is 1. The summed E-state index contributed by atoms with van der Waals surface area (Å²) in [6.45, 7) is 0. The van der Waals surface area contributed by atoms with Crippen molar-refractivity contribution >= 4 is 17.3 Å². The smallest absolute Gasteiger partial charge is 0.339 e. The second-order valence-electron chi connectivity index (χ2n) is 3.92. The van der Waals surface area contributed by atoms with E-state index in [1.807, 2.05) is 0 Å². The minimum Gasteiger partial charge on any atom is -0.493 e. The molecule has 0 bridgehead atoms. The molecule has 0 unspecified atom stereocenters. The van der Waals surface area contributed by atoms with Crippen molar-refractivity contribution in [1.29, 1.82) is 0 Å². The first-order chi connectivity index (χ1) is 9.65. The largest absolute Gasteiger partial charge is 0.493 e. The zero-order valence-electron chi connectivity index (χ0n) is 11.1. The fourth-order valence-corrected chi connectivity index (χ4v) is 1.74. The van der Waals surface area contributed by atoms with Gasteiger partial charge in [-0.05, 0) is 18.2 Å². The number of aromatic carboxylic acids is 1. The third kappa shape index (κ3) is 2.80. The van der Waals surface area contributed by atoms with Gasteiger partial charge in [0.1, 0.15) is 5.56 Å². The molecule has 2 aromatic rings. The molecule has 1 aromatic heterocycles. The van der Waals surface area contributed by atoms with Crippen LogP contribution in [0.25, 0.3) is 0 Å². The molecule has 0 saturated heterocycles. The van der Waals surface area contributed by atoms with E-state index in [1.165, 1.54) is 19.5 Å². The molecule has 0 saturated carbocycles. The molecule has 0 aliphatic rings. The van der Waals surface area contributed by atoms with Crippen molar-refractivity contribution in [2.24, 2.45) is 0 Å². The number of pyridine rings is 1. The van der Waals surface area contributed by atoms with E-state index in [2.05, 4.69) is 10.3 Å². The number of aromatic nitrogens is 1. The average Bonchev–Trinajstić information content (AvgIpc) is 2.47. The highest BCUT2D eigenvalue weighted by Crippen LogP contribution is 2.31. The van der Waals surface area contributed by atoms with Crippen LogP contribution in [0.15, 0.2) is 36.7 Å². The van der Waals surface area contributed by atoms with E-state index in [0.29, 0.717) is 22.9 Å². The minimum absolute atomic E-state index is 0.0993. The number of hydrogen-bond donors (Lipinski definition) is 2. The summed E-state index contributed by atoms with van der Waals surface area (Å²) >= 11 is 0. The van der Waals surface area contributed by atoms with E-state index in [0.717, 1.165) is 0 Å². The molecule has 0 fully saturated rings. The van der Waals surface area contributed by atoms with Crippen LogP contribution in [0.4, 0.5) is 11.4 Å². The van der Waals surface area contributed by atoms with Gasteiger partial charge >= 0.3 is 5.97 Å². The van der Waals surface area contributed by atoms with Crippen molar-refractivity contribution in [2.75, 3.05) is 19.5 Å². The van der Waals surface area contributed by atoms with Crippen molar-refractivity contribution < 1.29 is 19.4 Å². The van der Waals surface area contributed by atoms with Crippen LogP contribution in [0.1, 0.15) is 10.4 Å². The Morgan fingerprint density at radius 1 is 1.20 bits per heavy atom. The Balaban J connectivity index is 2.33. The highest BCUT2D eigenvalue weighted by atomic mass is 16.5. The van der Waals surface area contributed by atoms with Gasteiger partial charge in [-0.3, -0.25) is 4.98 Å². The van der Waals surface area contributed by atoms with Gasteiger partial charge in [-0.15, -0.1) is 0 Å². The fraction of sp³-hybridized carbons (Fsp3) is 0.143. The summed E-state index contributed by atoms with van der Waals surface area (Å²) < 4.78 is 10.3. The van der Waals surface area contributed by atoms with Crippen LogP contribution in [0, 0.1) is 0 Å². The molecule has 6 heteroatoms. The van der Waals surface area contributed by atoms with E-state index < -0.39 is 5.97 Å². The lowest BCUT2D eigenvalue weighted by atomic mass is 10.2. The second kappa shape index (κ2) is 5.92. The summed E-state index contributed by atoms with van der Waals surface area (Å²) in [5, 5.41) is 12.1. The molecule has 0 aliphatic heterocycles. The van der Waals surface area contributed by atoms with Gasteiger partial charge in [0.2, 0.25) is 0 Å². The standard InChI is InChI=1S/C14H14N2O4/c1-19-12-4-3-9(7-13(12)20-2)16-11-5-6-15-8-10(11)14(17)18/h3-8H,1-2H3,(H,15,16)(H,17,18). The molecule has 6 nitrogen and oxygen atoms in total. The molecular formula is C14H14N2O4. The Morgan fingerprint density at radius 2 is 1.95 bits per heavy atom. The number of anilines is 2. The van der Waals surface area contributed by atoms with Gasteiger partial charge in [-0.1, -0.05) is 0 Å². The summed E-state index contributed by atoms with van der Waals surface area (Å²) in [7, 11) is 3.09. The normalized spacial score (nSPS) is 9.90. The van der Waals surface area contributed by atoms with Crippen molar-refractivity contribution in [1.82, 2.24) is 4.98 Å². The molecule has 0 spiro atoms. The van der Waals surface area contributed by atoms with Crippen LogP contribution in [0.5, 0.6) is 11.5 Å². The number of rotatable bonds is 5. The first-order valence-corrected chi connectivity index (χ1v) is 5.82. The number of carbonyl (C=O) groups is 1. The van der Waals surface area contributed by atoms with Gasteiger partial charge in [0.15, 0.2) is 11.5 Å². The van der Waals surface area contributed by atoms with Crippen LogP contribution >= 0.6 is 0 Å². The molecule has 0 radical (unpaired) electrons. The maximum Gasteiger partial charge on any atom is 0.339 e. The highest BCUT2D eigenvalue weighted by Gasteiger charge is 2.11. The third-order valence-electron chi connectivity index (χ3n) is 2.71. The maximum absolute atomic E-state index is 11.1. The summed E-state index contributed by atoms with van der Waals surface area (Å²) in [5.74, 6) is 0.121. The number of methoxy groups -OCH3 is 2.